The number of fused-ring (bicyclic) bond motifs is 1. The van der Waals surface area contributed by atoms with Crippen LogP contribution in [0.1, 0.15) is 11.3 Å². The van der Waals surface area contributed by atoms with E-state index < -0.39 is 0 Å². The summed E-state index contributed by atoms with van der Waals surface area (Å²) in [5, 5.41) is 13.6. The van der Waals surface area contributed by atoms with E-state index in [9.17, 15) is 0 Å². The number of aromatic nitrogens is 3. The van der Waals surface area contributed by atoms with Crippen molar-refractivity contribution < 1.29 is 0 Å². The van der Waals surface area contributed by atoms with Crippen molar-refractivity contribution in [1.29, 1.82) is 5.26 Å². The van der Waals surface area contributed by atoms with Crippen molar-refractivity contribution in [2.45, 2.75) is 26.1 Å². The molecule has 5 heteroatoms. The quantitative estimate of drug-likeness (QED) is 0.710. The number of aryl methyl sites for hydroxylation is 2. The van der Waals surface area contributed by atoms with E-state index in [0.717, 1.165) is 41.8 Å². The van der Waals surface area contributed by atoms with E-state index in [4.69, 9.17) is 5.26 Å². The molecule has 0 bridgehead atoms. The molecule has 4 nitrogen and oxygen atoms in total. The van der Waals surface area contributed by atoms with Crippen LogP contribution in [0.5, 0.6) is 0 Å². The topological polar surface area (TPSA) is 54.5 Å². The lowest BCUT2D eigenvalue weighted by Gasteiger charge is -2.14. The molecule has 0 unspecified atom stereocenters. The van der Waals surface area contributed by atoms with Gasteiger partial charge in [0.1, 0.15) is 5.69 Å². The van der Waals surface area contributed by atoms with Gasteiger partial charge in [0.05, 0.1) is 5.69 Å². The molecule has 2 aromatic rings. The summed E-state index contributed by atoms with van der Waals surface area (Å²) in [6.07, 6.45) is 3.49. The van der Waals surface area contributed by atoms with E-state index in [1.807, 2.05) is 23.7 Å². The number of pyridine rings is 1. The molecule has 3 rings (SSSR count). The molecule has 1 aliphatic rings. The summed E-state index contributed by atoms with van der Waals surface area (Å²) < 4.78 is 2.01. The van der Waals surface area contributed by atoms with E-state index in [1.165, 1.54) is 0 Å². The van der Waals surface area contributed by atoms with Crippen LogP contribution in [0.15, 0.2) is 24.4 Å². The summed E-state index contributed by atoms with van der Waals surface area (Å²) in [5.41, 5.74) is 4.13. The van der Waals surface area contributed by atoms with Gasteiger partial charge in [-0.1, -0.05) is 6.07 Å². The van der Waals surface area contributed by atoms with Crippen LogP contribution in [0.3, 0.4) is 0 Å². The standard InChI is InChI=1S/C13H13BN4/c1-10-3-2-5-16-13(10)12-7-11-8-14(9-15)4-6-18(11)17-12/h2-3,5,7H,4,6,8H2,1H3. The van der Waals surface area contributed by atoms with E-state index in [-0.39, 0.29) is 6.71 Å². The van der Waals surface area contributed by atoms with Gasteiger partial charge in [-0.25, -0.2) is 5.26 Å². The second-order valence-corrected chi connectivity index (χ2v) is 4.73. The van der Waals surface area contributed by atoms with Gasteiger partial charge in [0.25, 0.3) is 6.71 Å². The molecule has 0 fully saturated rings. The van der Waals surface area contributed by atoms with Gasteiger partial charge in [0, 0.05) is 24.4 Å². The molecule has 0 aromatic carbocycles. The maximum absolute atomic E-state index is 8.99. The minimum absolute atomic E-state index is 0.131. The van der Waals surface area contributed by atoms with Crippen LogP contribution in [0.25, 0.3) is 11.4 Å². The molecular weight excluding hydrogens is 223 g/mol. The van der Waals surface area contributed by atoms with Gasteiger partial charge in [-0.2, -0.15) is 5.10 Å². The molecular formula is C13H13BN4. The zero-order chi connectivity index (χ0) is 12.5. The van der Waals surface area contributed by atoms with Gasteiger partial charge in [0.15, 0.2) is 0 Å². The Balaban J connectivity index is 2.00. The van der Waals surface area contributed by atoms with Gasteiger partial charge in [-0.05, 0) is 37.3 Å². The molecule has 3 heterocycles. The van der Waals surface area contributed by atoms with Gasteiger partial charge >= 0.3 is 0 Å². The maximum atomic E-state index is 8.99. The summed E-state index contributed by atoms with van der Waals surface area (Å²) in [4.78, 5) is 4.39. The number of rotatable bonds is 1. The maximum Gasteiger partial charge on any atom is 0.275 e. The third-order valence-electron chi connectivity index (χ3n) is 3.44. The van der Waals surface area contributed by atoms with Crippen molar-refractivity contribution in [3.63, 3.8) is 0 Å². The lowest BCUT2D eigenvalue weighted by molar-refractivity contribution is 0.616. The Bertz CT molecular complexity index is 626. The second-order valence-electron chi connectivity index (χ2n) is 4.73. The van der Waals surface area contributed by atoms with E-state index >= 15 is 0 Å². The smallest absolute Gasteiger partial charge is 0.270 e. The van der Waals surface area contributed by atoms with Gasteiger partial charge in [0.2, 0.25) is 0 Å². The van der Waals surface area contributed by atoms with Crippen molar-refractivity contribution in [3.8, 4) is 17.4 Å². The SMILES string of the molecule is Cc1cccnc1-c1cc2n(n1)CCB(C#N)C2. The molecule has 0 saturated carbocycles. The molecule has 0 spiro atoms. The largest absolute Gasteiger partial charge is 0.275 e. The first-order chi connectivity index (χ1) is 8.78. The van der Waals surface area contributed by atoms with Crippen molar-refractivity contribution in [2.75, 3.05) is 0 Å². The van der Waals surface area contributed by atoms with Crippen LogP contribution in [0, 0.1) is 18.2 Å². The molecule has 0 amide bonds. The fraction of sp³-hybridized carbons (Fsp3) is 0.308. The average molecular weight is 236 g/mol. The Kier molecular flexibility index (Phi) is 2.64. The zero-order valence-electron chi connectivity index (χ0n) is 10.3. The van der Waals surface area contributed by atoms with Crippen molar-refractivity contribution >= 4 is 6.71 Å². The normalized spacial score (nSPS) is 14.1. The highest BCUT2D eigenvalue weighted by Gasteiger charge is 2.24. The monoisotopic (exact) mass is 236 g/mol. The van der Waals surface area contributed by atoms with Crippen LogP contribution < -0.4 is 0 Å². The molecule has 1 aliphatic heterocycles. The fourth-order valence-electron chi connectivity index (χ4n) is 2.43. The fourth-order valence-corrected chi connectivity index (χ4v) is 2.43. The van der Waals surface area contributed by atoms with Gasteiger partial charge in [-0.15, -0.1) is 0 Å². The minimum Gasteiger partial charge on any atom is -0.270 e. The Hall–Kier alpha value is -2.09. The first kappa shape index (κ1) is 11.0. The van der Waals surface area contributed by atoms with Crippen LogP contribution in [-0.4, -0.2) is 21.5 Å². The van der Waals surface area contributed by atoms with Crippen molar-refractivity contribution in [3.05, 3.63) is 35.7 Å². The lowest BCUT2D eigenvalue weighted by atomic mass is 9.45. The molecule has 0 aliphatic carbocycles. The Morgan fingerprint density at radius 2 is 2.39 bits per heavy atom. The van der Waals surface area contributed by atoms with Crippen LogP contribution in [-0.2, 0) is 12.9 Å². The average Bonchev–Trinajstić information content (AvgIpc) is 2.81. The minimum atomic E-state index is 0.131. The van der Waals surface area contributed by atoms with Crippen LogP contribution >= 0.6 is 0 Å². The number of hydrogen-bond acceptors (Lipinski definition) is 3. The highest BCUT2D eigenvalue weighted by Crippen LogP contribution is 2.23. The Morgan fingerprint density at radius 1 is 1.50 bits per heavy atom. The molecule has 0 atom stereocenters. The lowest BCUT2D eigenvalue weighted by Crippen LogP contribution is -2.25. The number of nitrogens with zero attached hydrogens (tertiary/aromatic N) is 4. The van der Waals surface area contributed by atoms with Gasteiger partial charge in [-0.3, -0.25) is 9.67 Å². The summed E-state index contributed by atoms with van der Waals surface area (Å²) in [6.45, 7) is 3.00. The highest BCUT2D eigenvalue weighted by atomic mass is 15.3. The zero-order valence-corrected chi connectivity index (χ0v) is 10.3. The molecule has 2 aromatic heterocycles. The van der Waals surface area contributed by atoms with E-state index in [1.54, 1.807) is 6.20 Å². The third-order valence-corrected chi connectivity index (χ3v) is 3.44. The number of hydrogen-bond donors (Lipinski definition) is 0. The third kappa shape index (κ3) is 1.80. The summed E-state index contributed by atoms with van der Waals surface area (Å²) >= 11 is 0. The summed E-state index contributed by atoms with van der Waals surface area (Å²) in [6, 6.07) is 6.04. The van der Waals surface area contributed by atoms with Crippen LogP contribution in [0.4, 0.5) is 0 Å². The molecule has 0 N–H and O–H groups in total. The molecule has 0 saturated heterocycles. The summed E-state index contributed by atoms with van der Waals surface area (Å²) in [7, 11) is 0. The number of nitriles is 1. The molecule has 88 valence electrons. The Labute approximate surface area is 106 Å². The molecule has 18 heavy (non-hydrogen) atoms. The highest BCUT2D eigenvalue weighted by molar-refractivity contribution is 6.66. The second kappa shape index (κ2) is 4.30. The Morgan fingerprint density at radius 3 is 3.17 bits per heavy atom. The molecule has 0 radical (unpaired) electrons. The first-order valence-electron chi connectivity index (χ1n) is 6.16. The van der Waals surface area contributed by atoms with Crippen molar-refractivity contribution in [1.82, 2.24) is 14.8 Å². The predicted molar refractivity (Wildman–Crippen MR) is 70.1 cm³/mol. The predicted octanol–water partition coefficient (Wildman–Crippen LogP) is 1.91. The van der Waals surface area contributed by atoms with Gasteiger partial charge < -0.3 is 0 Å². The van der Waals surface area contributed by atoms with Crippen molar-refractivity contribution in [2.24, 2.45) is 0 Å². The first-order valence-corrected chi connectivity index (χ1v) is 6.16. The summed E-state index contributed by atoms with van der Waals surface area (Å²) in [5.74, 6) is 2.35. The van der Waals surface area contributed by atoms with E-state index in [0.29, 0.717) is 0 Å². The van der Waals surface area contributed by atoms with E-state index in [2.05, 4.69) is 22.1 Å². The van der Waals surface area contributed by atoms with Crippen LogP contribution in [0.2, 0.25) is 6.32 Å².